The zero-order valence-corrected chi connectivity index (χ0v) is 9.80. The van der Waals surface area contributed by atoms with E-state index in [9.17, 15) is 0 Å². The van der Waals surface area contributed by atoms with E-state index in [-0.39, 0.29) is 0 Å². The molecule has 6 nitrogen and oxygen atoms in total. The molecule has 0 radical (unpaired) electrons. The van der Waals surface area contributed by atoms with E-state index < -0.39 is 0 Å². The van der Waals surface area contributed by atoms with Gasteiger partial charge in [0, 0.05) is 18.2 Å². The summed E-state index contributed by atoms with van der Waals surface area (Å²) < 4.78 is 1.77. The Morgan fingerprint density at radius 2 is 2.28 bits per heavy atom. The van der Waals surface area contributed by atoms with Gasteiger partial charge in [0.25, 0.3) is 0 Å². The minimum absolute atomic E-state index is 0.479. The molecule has 1 aliphatic heterocycles. The molecule has 1 aliphatic carbocycles. The lowest BCUT2D eigenvalue weighted by atomic mass is 10.2. The van der Waals surface area contributed by atoms with Crippen molar-refractivity contribution in [1.29, 1.82) is 5.26 Å². The Kier molecular flexibility index (Phi) is 1.69. The fraction of sp³-hybridized carbons (Fsp3) is 0.417. The third-order valence-corrected chi connectivity index (χ3v) is 3.73. The number of fused-ring (bicyclic) bond motifs is 3. The van der Waals surface area contributed by atoms with Gasteiger partial charge >= 0.3 is 0 Å². The van der Waals surface area contributed by atoms with Gasteiger partial charge in [0.1, 0.15) is 23.3 Å². The number of nitriles is 1. The summed E-state index contributed by atoms with van der Waals surface area (Å²) in [7, 11) is 0. The van der Waals surface area contributed by atoms with E-state index in [0.29, 0.717) is 23.1 Å². The number of aromatic nitrogens is 3. The average molecular weight is 240 g/mol. The molecule has 4 rings (SSSR count). The number of hydrogen-bond acceptors (Lipinski definition) is 5. The molecule has 90 valence electrons. The molecule has 2 aliphatic rings. The molecule has 2 N–H and O–H groups in total. The van der Waals surface area contributed by atoms with Crippen molar-refractivity contribution in [3.05, 3.63) is 17.3 Å². The van der Waals surface area contributed by atoms with E-state index in [1.807, 2.05) is 0 Å². The van der Waals surface area contributed by atoms with Crippen LogP contribution in [0.1, 0.15) is 24.0 Å². The minimum Gasteiger partial charge on any atom is -0.383 e. The molecule has 0 spiro atoms. The topological polar surface area (TPSA) is 83.2 Å². The molecular formula is C12H12N6. The lowest BCUT2D eigenvalue weighted by Crippen LogP contribution is -2.25. The largest absolute Gasteiger partial charge is 0.383 e. The van der Waals surface area contributed by atoms with Crippen LogP contribution in [-0.2, 0) is 6.42 Å². The lowest BCUT2D eigenvalue weighted by molar-refractivity contribution is 0.794. The maximum atomic E-state index is 9.05. The van der Waals surface area contributed by atoms with Crippen LogP contribution in [0.4, 0.5) is 11.6 Å². The summed E-state index contributed by atoms with van der Waals surface area (Å²) in [5.41, 5.74) is 8.14. The second-order valence-electron chi connectivity index (χ2n) is 4.88. The molecule has 2 aromatic heterocycles. The maximum absolute atomic E-state index is 9.05. The Morgan fingerprint density at radius 3 is 3.00 bits per heavy atom. The van der Waals surface area contributed by atoms with Crippen LogP contribution < -0.4 is 10.6 Å². The Balaban J connectivity index is 2.04. The molecule has 18 heavy (non-hydrogen) atoms. The van der Waals surface area contributed by atoms with Crippen LogP contribution in [0.5, 0.6) is 0 Å². The van der Waals surface area contributed by atoms with Gasteiger partial charge in [-0.05, 0) is 19.3 Å². The van der Waals surface area contributed by atoms with Crippen LogP contribution in [0.3, 0.4) is 0 Å². The summed E-state index contributed by atoms with van der Waals surface area (Å²) in [6.45, 7) is 0.979. The highest BCUT2D eigenvalue weighted by molar-refractivity contribution is 5.70. The van der Waals surface area contributed by atoms with Gasteiger partial charge in [-0.1, -0.05) is 0 Å². The summed E-state index contributed by atoms with van der Waals surface area (Å²) in [5.74, 6) is 1.58. The number of anilines is 2. The normalized spacial score (nSPS) is 18.1. The van der Waals surface area contributed by atoms with Crippen molar-refractivity contribution in [2.75, 3.05) is 17.2 Å². The maximum Gasteiger partial charge on any atom is 0.177 e. The fourth-order valence-corrected chi connectivity index (χ4v) is 2.72. The minimum atomic E-state index is 0.479. The molecular weight excluding hydrogens is 228 g/mol. The van der Waals surface area contributed by atoms with Crippen LogP contribution in [-0.4, -0.2) is 27.2 Å². The molecule has 0 atom stereocenters. The second-order valence-corrected chi connectivity index (χ2v) is 4.88. The van der Waals surface area contributed by atoms with Crippen LogP contribution in [0.15, 0.2) is 6.20 Å². The predicted octanol–water partition coefficient (Wildman–Crippen LogP) is 0.708. The third-order valence-electron chi connectivity index (χ3n) is 3.73. The zero-order chi connectivity index (χ0) is 12.3. The van der Waals surface area contributed by atoms with Gasteiger partial charge in [0.05, 0.1) is 6.20 Å². The van der Waals surface area contributed by atoms with Crippen molar-refractivity contribution < 1.29 is 0 Å². The van der Waals surface area contributed by atoms with Gasteiger partial charge < -0.3 is 10.6 Å². The van der Waals surface area contributed by atoms with Crippen LogP contribution in [0, 0.1) is 11.3 Å². The predicted molar refractivity (Wildman–Crippen MR) is 66.2 cm³/mol. The van der Waals surface area contributed by atoms with E-state index in [1.165, 1.54) is 12.8 Å². The molecule has 6 heteroatoms. The molecule has 0 amide bonds. The number of hydrogen-bond donors (Lipinski definition) is 1. The fourth-order valence-electron chi connectivity index (χ4n) is 2.72. The van der Waals surface area contributed by atoms with Crippen molar-refractivity contribution in [1.82, 2.24) is 14.6 Å². The van der Waals surface area contributed by atoms with Gasteiger partial charge in [-0.25, -0.2) is 4.98 Å². The van der Waals surface area contributed by atoms with Gasteiger partial charge in [-0.2, -0.15) is 14.9 Å². The van der Waals surface area contributed by atoms with Crippen LogP contribution in [0.2, 0.25) is 0 Å². The Bertz CT molecular complexity index is 691. The Hall–Kier alpha value is -2.29. The van der Waals surface area contributed by atoms with E-state index in [1.54, 1.807) is 10.7 Å². The highest BCUT2D eigenvalue weighted by atomic mass is 15.4. The van der Waals surface area contributed by atoms with Crippen molar-refractivity contribution >= 4 is 17.3 Å². The smallest absolute Gasteiger partial charge is 0.177 e. The SMILES string of the molecule is N#Cc1cnn2c3c(c(N)nc12)CCN3C1CC1. The summed E-state index contributed by atoms with van der Waals surface area (Å²) in [4.78, 5) is 6.68. The molecule has 0 saturated heterocycles. The van der Waals surface area contributed by atoms with Crippen molar-refractivity contribution in [2.45, 2.75) is 25.3 Å². The van der Waals surface area contributed by atoms with Gasteiger partial charge in [0.2, 0.25) is 0 Å². The van der Waals surface area contributed by atoms with Crippen molar-refractivity contribution in [3.63, 3.8) is 0 Å². The molecule has 0 aromatic carbocycles. The zero-order valence-electron chi connectivity index (χ0n) is 9.80. The van der Waals surface area contributed by atoms with Gasteiger partial charge in [0.15, 0.2) is 5.65 Å². The summed E-state index contributed by atoms with van der Waals surface area (Å²) >= 11 is 0. The first-order chi connectivity index (χ1) is 8.79. The van der Waals surface area contributed by atoms with E-state index in [0.717, 1.165) is 24.3 Å². The van der Waals surface area contributed by atoms with Crippen LogP contribution in [0.25, 0.3) is 5.65 Å². The second kappa shape index (κ2) is 3.13. The van der Waals surface area contributed by atoms with Crippen molar-refractivity contribution in [3.8, 4) is 6.07 Å². The van der Waals surface area contributed by atoms with E-state index in [2.05, 4.69) is 21.1 Å². The summed E-state index contributed by atoms with van der Waals surface area (Å²) in [6, 6.07) is 2.72. The van der Waals surface area contributed by atoms with Gasteiger partial charge in [-0.15, -0.1) is 0 Å². The molecule has 3 heterocycles. The first-order valence-corrected chi connectivity index (χ1v) is 6.12. The third kappa shape index (κ3) is 1.11. The quantitative estimate of drug-likeness (QED) is 0.793. The average Bonchev–Trinajstić information content (AvgIpc) is 2.98. The van der Waals surface area contributed by atoms with Crippen LogP contribution >= 0.6 is 0 Å². The van der Waals surface area contributed by atoms with Crippen molar-refractivity contribution in [2.24, 2.45) is 0 Å². The standard InChI is InChI=1S/C12H12N6/c13-5-7-6-15-18-11(7)16-10(14)9-3-4-17(12(9)18)8-1-2-8/h6,8H,1-4H2,(H2,14,16). The Labute approximate surface area is 104 Å². The summed E-state index contributed by atoms with van der Waals surface area (Å²) in [5, 5.41) is 13.4. The van der Waals surface area contributed by atoms with E-state index >= 15 is 0 Å². The molecule has 1 saturated carbocycles. The highest BCUT2D eigenvalue weighted by Crippen LogP contribution is 2.39. The Morgan fingerprint density at radius 1 is 1.44 bits per heavy atom. The molecule has 2 aromatic rings. The molecule has 0 unspecified atom stereocenters. The molecule has 0 bridgehead atoms. The number of rotatable bonds is 1. The van der Waals surface area contributed by atoms with E-state index in [4.69, 9.17) is 11.0 Å². The first-order valence-electron chi connectivity index (χ1n) is 6.12. The monoisotopic (exact) mass is 240 g/mol. The number of nitrogens with two attached hydrogens (primary N) is 1. The molecule has 1 fully saturated rings. The van der Waals surface area contributed by atoms with Gasteiger partial charge in [-0.3, -0.25) is 0 Å². The lowest BCUT2D eigenvalue weighted by Gasteiger charge is -2.19. The summed E-state index contributed by atoms with van der Waals surface area (Å²) in [6.07, 6.45) is 4.94. The first kappa shape index (κ1) is 9.71. The number of nitrogens with zero attached hydrogens (tertiary/aromatic N) is 5. The number of nitrogen functional groups attached to an aromatic ring is 1. The highest BCUT2D eigenvalue weighted by Gasteiger charge is 2.36.